The molecular weight excluding hydrogens is 287 g/mol. The Morgan fingerprint density at radius 1 is 1.38 bits per heavy atom. The number of hydrogen-bond donors (Lipinski definition) is 1. The highest BCUT2D eigenvalue weighted by Gasteiger charge is 2.37. The molecule has 21 heavy (non-hydrogen) atoms. The number of carboxylic acids is 1. The van der Waals surface area contributed by atoms with Gasteiger partial charge >= 0.3 is 12.1 Å². The molecule has 0 radical (unpaired) electrons. The van der Waals surface area contributed by atoms with Crippen molar-refractivity contribution in [3.8, 4) is 11.9 Å². The van der Waals surface area contributed by atoms with E-state index in [0.717, 1.165) is 10.8 Å². The number of nitrogens with zero attached hydrogens (tertiary/aromatic N) is 3. The summed E-state index contributed by atoms with van der Waals surface area (Å²) in [6.45, 7) is 1.58. The van der Waals surface area contributed by atoms with Crippen LogP contribution < -0.4 is 0 Å². The van der Waals surface area contributed by atoms with Crippen LogP contribution in [0.3, 0.4) is 0 Å². The number of rotatable bonds is 2. The van der Waals surface area contributed by atoms with Crippen molar-refractivity contribution in [2.75, 3.05) is 0 Å². The van der Waals surface area contributed by atoms with Crippen LogP contribution in [0.2, 0.25) is 0 Å². The van der Waals surface area contributed by atoms with Gasteiger partial charge in [-0.15, -0.1) is 0 Å². The van der Waals surface area contributed by atoms with Crippen LogP contribution in [-0.4, -0.2) is 20.6 Å². The third-order valence-corrected chi connectivity index (χ3v) is 2.70. The molecule has 2 heterocycles. The Bertz CT molecular complexity index is 757. The number of aromatic carboxylic acids is 1. The SMILES string of the molecule is Cc1cc(C#N)cc(-n2cc(C(=O)O)c(C(F)(F)F)c2)n1. The minimum absolute atomic E-state index is 0.0459. The summed E-state index contributed by atoms with van der Waals surface area (Å²) >= 11 is 0. The van der Waals surface area contributed by atoms with Gasteiger partial charge in [-0.2, -0.15) is 18.4 Å². The van der Waals surface area contributed by atoms with Crippen LogP contribution in [0.5, 0.6) is 0 Å². The molecule has 2 rings (SSSR count). The summed E-state index contributed by atoms with van der Waals surface area (Å²) in [5.41, 5.74) is -1.49. The summed E-state index contributed by atoms with van der Waals surface area (Å²) in [5, 5.41) is 17.7. The van der Waals surface area contributed by atoms with E-state index in [1.54, 1.807) is 6.92 Å². The summed E-state index contributed by atoms with van der Waals surface area (Å²) in [6.07, 6.45) is -3.32. The molecule has 0 amide bonds. The molecule has 0 aliphatic carbocycles. The first-order valence-corrected chi connectivity index (χ1v) is 5.64. The summed E-state index contributed by atoms with van der Waals surface area (Å²) in [5.74, 6) is -1.64. The van der Waals surface area contributed by atoms with Crippen LogP contribution in [0.1, 0.15) is 27.2 Å². The molecule has 0 saturated carbocycles. The van der Waals surface area contributed by atoms with Gasteiger partial charge in [0.05, 0.1) is 22.8 Å². The molecule has 108 valence electrons. The predicted molar refractivity (Wildman–Crippen MR) is 65.0 cm³/mol. The fourth-order valence-electron chi connectivity index (χ4n) is 1.83. The lowest BCUT2D eigenvalue weighted by Gasteiger charge is -2.05. The number of nitriles is 1. The largest absolute Gasteiger partial charge is 0.478 e. The molecule has 2 aromatic heterocycles. The smallest absolute Gasteiger partial charge is 0.418 e. The van der Waals surface area contributed by atoms with Crippen LogP contribution in [0.25, 0.3) is 5.82 Å². The number of carbonyl (C=O) groups is 1. The van der Waals surface area contributed by atoms with Crippen molar-refractivity contribution in [2.45, 2.75) is 13.1 Å². The highest BCUT2D eigenvalue weighted by Crippen LogP contribution is 2.33. The zero-order chi connectivity index (χ0) is 15.8. The van der Waals surface area contributed by atoms with Crippen LogP contribution >= 0.6 is 0 Å². The van der Waals surface area contributed by atoms with Gasteiger partial charge in [-0.1, -0.05) is 0 Å². The predicted octanol–water partition coefficient (Wildman–Crippen LogP) is 2.77. The molecule has 0 spiro atoms. The van der Waals surface area contributed by atoms with E-state index in [4.69, 9.17) is 10.4 Å². The molecule has 0 bridgehead atoms. The van der Waals surface area contributed by atoms with Crippen LogP contribution in [0.15, 0.2) is 24.5 Å². The van der Waals surface area contributed by atoms with Crippen molar-refractivity contribution in [1.29, 1.82) is 5.26 Å². The Morgan fingerprint density at radius 2 is 2.05 bits per heavy atom. The maximum Gasteiger partial charge on any atom is 0.418 e. The molecule has 0 aliphatic rings. The number of aryl methyl sites for hydroxylation is 1. The van der Waals surface area contributed by atoms with Crippen molar-refractivity contribution in [3.05, 3.63) is 46.9 Å². The van der Waals surface area contributed by atoms with Crippen LogP contribution in [-0.2, 0) is 6.18 Å². The zero-order valence-electron chi connectivity index (χ0n) is 10.6. The van der Waals surface area contributed by atoms with Gasteiger partial charge in [-0.05, 0) is 19.1 Å². The highest BCUT2D eigenvalue weighted by atomic mass is 19.4. The van der Waals surface area contributed by atoms with E-state index in [1.807, 2.05) is 6.07 Å². The van der Waals surface area contributed by atoms with Gasteiger partial charge in [0.15, 0.2) is 0 Å². The van der Waals surface area contributed by atoms with E-state index in [1.165, 1.54) is 12.1 Å². The molecule has 8 heteroatoms. The first kappa shape index (κ1) is 14.6. The quantitative estimate of drug-likeness (QED) is 0.924. The monoisotopic (exact) mass is 295 g/mol. The van der Waals surface area contributed by atoms with Crippen molar-refractivity contribution in [1.82, 2.24) is 9.55 Å². The molecular formula is C13H8F3N3O2. The van der Waals surface area contributed by atoms with Gasteiger partial charge < -0.3 is 9.67 Å². The fraction of sp³-hybridized carbons (Fsp3) is 0.154. The zero-order valence-corrected chi connectivity index (χ0v) is 10.6. The minimum atomic E-state index is -4.79. The van der Waals surface area contributed by atoms with Crippen molar-refractivity contribution >= 4 is 5.97 Å². The first-order chi connectivity index (χ1) is 9.72. The molecule has 0 atom stereocenters. The number of hydrogen-bond acceptors (Lipinski definition) is 3. The topological polar surface area (TPSA) is 78.9 Å². The maximum absolute atomic E-state index is 12.8. The van der Waals surface area contributed by atoms with Gasteiger partial charge in [0, 0.05) is 18.1 Å². The average Bonchev–Trinajstić information content (AvgIpc) is 2.83. The lowest BCUT2D eigenvalue weighted by Crippen LogP contribution is -2.09. The van der Waals surface area contributed by atoms with Crippen LogP contribution in [0.4, 0.5) is 13.2 Å². The normalized spacial score (nSPS) is 11.2. The maximum atomic E-state index is 12.8. The minimum Gasteiger partial charge on any atom is -0.478 e. The van der Waals surface area contributed by atoms with Crippen LogP contribution in [0, 0.1) is 18.3 Å². The summed E-state index contributed by atoms with van der Waals surface area (Å²) < 4.78 is 39.4. The van der Waals surface area contributed by atoms with Gasteiger partial charge in [0.2, 0.25) is 0 Å². The molecule has 2 aromatic rings. The van der Waals surface area contributed by atoms with E-state index >= 15 is 0 Å². The second-order valence-corrected chi connectivity index (χ2v) is 4.26. The summed E-state index contributed by atoms with van der Waals surface area (Å²) in [7, 11) is 0. The second-order valence-electron chi connectivity index (χ2n) is 4.26. The Morgan fingerprint density at radius 3 is 2.52 bits per heavy atom. The molecule has 0 saturated heterocycles. The molecule has 0 aromatic carbocycles. The molecule has 0 unspecified atom stereocenters. The van der Waals surface area contributed by atoms with Crippen molar-refractivity contribution in [3.63, 3.8) is 0 Å². The Hall–Kier alpha value is -2.82. The Kier molecular flexibility index (Phi) is 3.43. The van der Waals surface area contributed by atoms with E-state index in [0.29, 0.717) is 11.9 Å². The summed E-state index contributed by atoms with van der Waals surface area (Å²) in [6, 6.07) is 4.61. The Labute approximate surface area is 116 Å². The Balaban J connectivity index is 2.64. The number of alkyl halides is 3. The van der Waals surface area contributed by atoms with Crippen molar-refractivity contribution < 1.29 is 23.1 Å². The highest BCUT2D eigenvalue weighted by molar-refractivity contribution is 5.89. The van der Waals surface area contributed by atoms with Crippen molar-refractivity contribution in [2.24, 2.45) is 0 Å². The average molecular weight is 295 g/mol. The van der Waals surface area contributed by atoms with E-state index in [9.17, 15) is 18.0 Å². The third-order valence-electron chi connectivity index (χ3n) is 2.70. The first-order valence-electron chi connectivity index (χ1n) is 5.64. The fourth-order valence-corrected chi connectivity index (χ4v) is 1.83. The van der Waals surface area contributed by atoms with Gasteiger partial charge in [-0.3, -0.25) is 0 Å². The number of carboxylic acid groups (broad SMARTS) is 1. The van der Waals surface area contributed by atoms with E-state index < -0.39 is 23.3 Å². The lowest BCUT2D eigenvalue weighted by molar-refractivity contribution is -0.138. The number of aromatic nitrogens is 2. The van der Waals surface area contributed by atoms with E-state index in [2.05, 4.69) is 4.98 Å². The number of halogens is 3. The molecule has 1 N–H and O–H groups in total. The molecule has 0 aliphatic heterocycles. The summed E-state index contributed by atoms with van der Waals surface area (Å²) in [4.78, 5) is 14.9. The molecule has 0 fully saturated rings. The molecule has 5 nitrogen and oxygen atoms in total. The standard InChI is InChI=1S/C13H8F3N3O2/c1-7-2-8(4-17)3-11(18-7)19-5-9(12(20)21)10(6-19)13(14,15)16/h2-3,5-6H,1H3,(H,20,21). The van der Waals surface area contributed by atoms with E-state index in [-0.39, 0.29) is 11.4 Å². The lowest BCUT2D eigenvalue weighted by atomic mass is 10.2. The van der Waals surface area contributed by atoms with Gasteiger partial charge in [0.1, 0.15) is 5.82 Å². The number of pyridine rings is 1. The third kappa shape index (κ3) is 2.86. The van der Waals surface area contributed by atoms with Gasteiger partial charge in [0.25, 0.3) is 0 Å². The second kappa shape index (κ2) is 4.94. The van der Waals surface area contributed by atoms with Gasteiger partial charge in [-0.25, -0.2) is 9.78 Å².